The molecule has 0 bridgehead atoms. The molecule has 5 aromatic rings. The largest absolute Gasteiger partial charge is 0.348 e. The third-order valence-electron chi connectivity index (χ3n) is 5.93. The summed E-state index contributed by atoms with van der Waals surface area (Å²) in [7, 11) is 0. The zero-order valence-corrected chi connectivity index (χ0v) is 17.4. The number of amides is 1. The molecule has 1 atom stereocenters. The van der Waals surface area contributed by atoms with Crippen LogP contribution in [-0.2, 0) is 6.42 Å². The fourth-order valence-corrected chi connectivity index (χ4v) is 4.38. The lowest BCUT2D eigenvalue weighted by molar-refractivity contribution is 0.0677. The van der Waals surface area contributed by atoms with Crippen molar-refractivity contribution in [2.75, 3.05) is 6.54 Å². The minimum atomic E-state index is -0.399. The Bertz CT molecular complexity index is 1430. The lowest BCUT2D eigenvalue weighted by Gasteiger charge is -2.33. The number of hydrogen-bond donors (Lipinski definition) is 1. The number of rotatable bonds is 3. The van der Waals surface area contributed by atoms with Gasteiger partial charge in [-0.3, -0.25) is 4.79 Å². The summed E-state index contributed by atoms with van der Waals surface area (Å²) >= 11 is 0. The summed E-state index contributed by atoms with van der Waals surface area (Å²) in [5.74, 6) is 0.457. The standard InChI is InChI=1S/C23H20N8O/c1-15-5-4-11-30-19(15)13-17(28-30)22-21-16(25-14-26-21)8-12-29(22)23(32)18-7-10-27-31(18)20-6-2-3-9-24-20/h2-7,9-11,13-14,22H,8,12H2,1H3,(H,25,26). The Balaban J connectivity index is 1.46. The number of pyridine rings is 2. The van der Waals surface area contributed by atoms with Crippen molar-refractivity contribution in [3.63, 3.8) is 0 Å². The number of H-pyrrole nitrogens is 1. The SMILES string of the molecule is Cc1cccn2nc(C3c4nc[nH]c4CCN3C(=O)c3ccnn3-c3ccccn3)cc12. The first-order chi connectivity index (χ1) is 15.7. The Morgan fingerprint density at radius 3 is 2.91 bits per heavy atom. The van der Waals surface area contributed by atoms with Crippen LogP contribution in [0.4, 0.5) is 0 Å². The monoisotopic (exact) mass is 424 g/mol. The smallest absolute Gasteiger partial charge is 0.273 e. The Morgan fingerprint density at radius 1 is 1.12 bits per heavy atom. The van der Waals surface area contributed by atoms with Crippen molar-refractivity contribution in [3.8, 4) is 5.82 Å². The Labute approximate surface area is 183 Å². The van der Waals surface area contributed by atoms with Gasteiger partial charge in [0.25, 0.3) is 5.91 Å². The average Bonchev–Trinajstić information content (AvgIpc) is 3.58. The van der Waals surface area contributed by atoms with Gasteiger partial charge in [-0.2, -0.15) is 10.2 Å². The molecule has 0 fully saturated rings. The molecule has 158 valence electrons. The highest BCUT2D eigenvalue weighted by Gasteiger charge is 2.37. The van der Waals surface area contributed by atoms with Crippen molar-refractivity contribution in [1.29, 1.82) is 0 Å². The van der Waals surface area contributed by atoms with E-state index in [2.05, 4.69) is 33.0 Å². The first-order valence-electron chi connectivity index (χ1n) is 10.4. The Kier molecular flexibility index (Phi) is 4.14. The molecule has 32 heavy (non-hydrogen) atoms. The zero-order valence-electron chi connectivity index (χ0n) is 17.4. The Hall–Kier alpha value is -4.27. The third-order valence-corrected chi connectivity index (χ3v) is 5.93. The molecule has 6 rings (SSSR count). The van der Waals surface area contributed by atoms with Crippen molar-refractivity contribution in [2.45, 2.75) is 19.4 Å². The number of carbonyl (C=O) groups excluding carboxylic acids is 1. The van der Waals surface area contributed by atoms with Crippen LogP contribution in [-0.4, -0.2) is 51.7 Å². The van der Waals surface area contributed by atoms with Crippen molar-refractivity contribution in [1.82, 2.24) is 39.2 Å². The summed E-state index contributed by atoms with van der Waals surface area (Å²) in [4.78, 5) is 27.8. The molecular formula is C23H20N8O. The van der Waals surface area contributed by atoms with Gasteiger partial charge in [-0.25, -0.2) is 19.2 Å². The highest BCUT2D eigenvalue weighted by Crippen LogP contribution is 2.34. The number of hydrogen-bond acceptors (Lipinski definition) is 5. The number of imidazole rings is 1. The van der Waals surface area contributed by atoms with Gasteiger partial charge in [-0.05, 0) is 42.8 Å². The van der Waals surface area contributed by atoms with E-state index in [1.807, 2.05) is 45.9 Å². The van der Waals surface area contributed by atoms with Gasteiger partial charge in [0.05, 0.1) is 29.4 Å². The molecule has 9 nitrogen and oxygen atoms in total. The van der Waals surface area contributed by atoms with Crippen molar-refractivity contribution in [3.05, 3.63) is 95.7 Å². The number of fused-ring (bicyclic) bond motifs is 2. The van der Waals surface area contributed by atoms with Gasteiger partial charge in [0, 0.05) is 31.1 Å². The van der Waals surface area contributed by atoms with E-state index in [1.165, 1.54) is 0 Å². The summed E-state index contributed by atoms with van der Waals surface area (Å²) in [6.07, 6.45) is 7.61. The van der Waals surface area contributed by atoms with E-state index in [-0.39, 0.29) is 5.91 Å². The van der Waals surface area contributed by atoms with Crippen LogP contribution < -0.4 is 0 Å². The molecular weight excluding hydrogens is 404 g/mol. The van der Waals surface area contributed by atoms with E-state index >= 15 is 0 Å². The maximum Gasteiger partial charge on any atom is 0.273 e. The fourth-order valence-electron chi connectivity index (χ4n) is 4.38. The van der Waals surface area contributed by atoms with Gasteiger partial charge < -0.3 is 9.88 Å². The predicted molar refractivity (Wildman–Crippen MR) is 116 cm³/mol. The maximum atomic E-state index is 13.8. The van der Waals surface area contributed by atoms with E-state index in [1.54, 1.807) is 29.5 Å². The van der Waals surface area contributed by atoms with Gasteiger partial charge in [0.1, 0.15) is 11.7 Å². The van der Waals surface area contributed by atoms with Gasteiger partial charge in [-0.15, -0.1) is 0 Å². The zero-order chi connectivity index (χ0) is 21.7. The molecule has 1 unspecified atom stereocenters. The number of nitrogens with zero attached hydrogens (tertiary/aromatic N) is 7. The van der Waals surface area contributed by atoms with Crippen LogP contribution in [0, 0.1) is 6.92 Å². The number of aryl methyl sites for hydroxylation is 1. The predicted octanol–water partition coefficient (Wildman–Crippen LogP) is 2.73. The summed E-state index contributed by atoms with van der Waals surface area (Å²) in [6, 6.07) is 12.9. The highest BCUT2D eigenvalue weighted by molar-refractivity contribution is 5.93. The highest BCUT2D eigenvalue weighted by atomic mass is 16.2. The molecule has 0 aromatic carbocycles. The van der Waals surface area contributed by atoms with Crippen molar-refractivity contribution < 1.29 is 4.79 Å². The number of nitrogens with one attached hydrogen (secondary N) is 1. The first kappa shape index (κ1) is 18.5. The van der Waals surface area contributed by atoms with Gasteiger partial charge in [0.2, 0.25) is 0 Å². The van der Waals surface area contributed by atoms with Gasteiger partial charge in [-0.1, -0.05) is 12.1 Å². The second kappa shape index (κ2) is 7.16. The van der Waals surface area contributed by atoms with Gasteiger partial charge in [0.15, 0.2) is 5.82 Å². The summed E-state index contributed by atoms with van der Waals surface area (Å²) in [6.45, 7) is 2.59. The molecule has 0 spiro atoms. The molecule has 0 saturated heterocycles. The molecule has 1 amide bonds. The quantitative estimate of drug-likeness (QED) is 0.480. The molecule has 0 saturated carbocycles. The molecule has 0 aliphatic carbocycles. The van der Waals surface area contributed by atoms with E-state index < -0.39 is 6.04 Å². The fraction of sp³-hybridized carbons (Fsp3) is 0.174. The van der Waals surface area contributed by atoms with Crippen LogP contribution in [0.5, 0.6) is 0 Å². The third kappa shape index (κ3) is 2.82. The molecule has 6 heterocycles. The molecule has 0 radical (unpaired) electrons. The topological polar surface area (TPSA) is 97.0 Å². The molecule has 1 aliphatic rings. The number of aromatic nitrogens is 7. The van der Waals surface area contributed by atoms with E-state index in [9.17, 15) is 4.79 Å². The number of aromatic amines is 1. The summed E-state index contributed by atoms with van der Waals surface area (Å²) < 4.78 is 3.43. The Morgan fingerprint density at radius 2 is 2.06 bits per heavy atom. The van der Waals surface area contributed by atoms with Crippen LogP contribution in [0.15, 0.2) is 67.4 Å². The molecule has 9 heteroatoms. The average molecular weight is 424 g/mol. The first-order valence-corrected chi connectivity index (χ1v) is 10.4. The van der Waals surface area contributed by atoms with Crippen LogP contribution in [0.25, 0.3) is 11.3 Å². The lowest BCUT2D eigenvalue weighted by Crippen LogP contribution is -2.41. The minimum Gasteiger partial charge on any atom is -0.348 e. The van der Waals surface area contributed by atoms with Crippen LogP contribution in [0.1, 0.15) is 39.2 Å². The second-order valence-electron chi connectivity index (χ2n) is 7.82. The normalized spacial score (nSPS) is 15.8. The van der Waals surface area contributed by atoms with Crippen molar-refractivity contribution >= 4 is 11.4 Å². The second-order valence-corrected chi connectivity index (χ2v) is 7.82. The van der Waals surface area contributed by atoms with Crippen LogP contribution >= 0.6 is 0 Å². The number of carbonyl (C=O) groups is 1. The van der Waals surface area contributed by atoms with E-state index in [0.717, 1.165) is 28.2 Å². The minimum absolute atomic E-state index is 0.138. The molecule has 1 N–H and O–H groups in total. The van der Waals surface area contributed by atoms with E-state index in [0.29, 0.717) is 24.5 Å². The summed E-state index contributed by atoms with van der Waals surface area (Å²) in [5.41, 5.74) is 5.23. The van der Waals surface area contributed by atoms with Crippen molar-refractivity contribution in [2.24, 2.45) is 0 Å². The maximum absolute atomic E-state index is 13.8. The molecule has 5 aromatic heterocycles. The van der Waals surface area contributed by atoms with Crippen LogP contribution in [0.3, 0.4) is 0 Å². The summed E-state index contributed by atoms with van der Waals surface area (Å²) in [5, 5.41) is 9.15. The van der Waals surface area contributed by atoms with E-state index in [4.69, 9.17) is 5.10 Å². The van der Waals surface area contributed by atoms with Gasteiger partial charge >= 0.3 is 0 Å². The van der Waals surface area contributed by atoms with Crippen LogP contribution in [0.2, 0.25) is 0 Å². The molecule has 1 aliphatic heterocycles. The lowest BCUT2D eigenvalue weighted by atomic mass is 9.99.